The lowest BCUT2D eigenvalue weighted by Gasteiger charge is -2.71. The molecular formula is C33H53NO3. The van der Waals surface area contributed by atoms with Crippen molar-refractivity contribution in [2.24, 2.45) is 50.2 Å². The Kier molecular flexibility index (Phi) is 6.06. The lowest BCUT2D eigenvalue weighted by atomic mass is 9.33. The molecule has 4 fully saturated rings. The Bertz CT molecular complexity index is 1030. The fraction of sp³-hybridized carbons (Fsp3) is 0.879. The van der Waals surface area contributed by atoms with E-state index < -0.39 is 5.41 Å². The maximum atomic E-state index is 14.5. The highest BCUT2D eigenvalue weighted by Crippen LogP contribution is 2.75. The van der Waals surface area contributed by atoms with Crippen LogP contribution in [0.1, 0.15) is 106 Å². The Balaban J connectivity index is 1.59. The van der Waals surface area contributed by atoms with Crippen LogP contribution in [0.15, 0.2) is 11.6 Å². The van der Waals surface area contributed by atoms with Gasteiger partial charge >= 0.3 is 5.97 Å². The standard InChI is InChI=1S/C33H53NO3/c1-28(2)24-11-14-33(7)26(31(24,5)13-12-25(28)34(8)9)23(35)19-21-22-20-30(4,27(36)37-10)16-15-29(22,3)17-18-32(21,33)6/h19,22,24-26H,11-18,20H2,1-10H3/t22-,24?,25?,26?,29+,30-,31-,32+,33+/m0/s1. The molecule has 0 aromatic rings. The molecule has 0 spiro atoms. The summed E-state index contributed by atoms with van der Waals surface area (Å²) in [6.45, 7) is 16.9. The molecule has 9 atom stereocenters. The number of allylic oxidation sites excluding steroid dienone is 2. The number of nitrogens with zero attached hydrogens (tertiary/aromatic N) is 1. The first kappa shape index (κ1) is 27.4. The van der Waals surface area contributed by atoms with Crippen molar-refractivity contribution in [1.82, 2.24) is 4.90 Å². The molecule has 4 saturated carbocycles. The maximum absolute atomic E-state index is 14.5. The second kappa shape index (κ2) is 8.18. The summed E-state index contributed by atoms with van der Waals surface area (Å²) in [6.07, 6.45) is 11.8. The summed E-state index contributed by atoms with van der Waals surface area (Å²) in [5.74, 6) is 1.21. The Morgan fingerprint density at radius 2 is 1.57 bits per heavy atom. The van der Waals surface area contributed by atoms with Crippen LogP contribution in [0.25, 0.3) is 0 Å². The van der Waals surface area contributed by atoms with Gasteiger partial charge in [-0.25, -0.2) is 0 Å². The van der Waals surface area contributed by atoms with Crippen LogP contribution < -0.4 is 0 Å². The first-order chi connectivity index (χ1) is 17.0. The van der Waals surface area contributed by atoms with E-state index >= 15 is 0 Å². The van der Waals surface area contributed by atoms with Crippen molar-refractivity contribution in [3.63, 3.8) is 0 Å². The summed E-state index contributed by atoms with van der Waals surface area (Å²) in [5, 5.41) is 0. The van der Waals surface area contributed by atoms with Crippen molar-refractivity contribution in [2.75, 3.05) is 21.2 Å². The Hall–Kier alpha value is -1.16. The average Bonchev–Trinajstić information content (AvgIpc) is 2.80. The van der Waals surface area contributed by atoms with Crippen LogP contribution in [-0.2, 0) is 14.3 Å². The molecule has 0 saturated heterocycles. The lowest BCUT2D eigenvalue weighted by Crippen LogP contribution is -2.67. The number of hydrogen-bond donors (Lipinski definition) is 0. The summed E-state index contributed by atoms with van der Waals surface area (Å²) in [5.41, 5.74) is 1.25. The number of ether oxygens (including phenoxy) is 1. The van der Waals surface area contributed by atoms with Crippen LogP contribution >= 0.6 is 0 Å². The van der Waals surface area contributed by atoms with Crippen molar-refractivity contribution < 1.29 is 14.3 Å². The smallest absolute Gasteiger partial charge is 0.311 e. The summed E-state index contributed by atoms with van der Waals surface area (Å²) in [6, 6.07) is 0.559. The number of hydrogen-bond acceptors (Lipinski definition) is 4. The number of methoxy groups -OCH3 is 1. The van der Waals surface area contributed by atoms with Crippen LogP contribution in [0, 0.1) is 50.2 Å². The molecule has 4 heteroatoms. The maximum Gasteiger partial charge on any atom is 0.311 e. The number of ketones is 1. The Morgan fingerprint density at radius 1 is 0.919 bits per heavy atom. The SMILES string of the molecule is COC(=O)[C@@]1(C)CC[C@]2(C)CC[C@]3(C)C(=CC(=O)C4[C@@]5(C)CCC(N(C)C)C(C)(C)C5CC[C@]43C)[C@@H]2C1. The van der Waals surface area contributed by atoms with Crippen LogP contribution in [-0.4, -0.2) is 43.9 Å². The number of fused-ring (bicyclic) bond motifs is 7. The van der Waals surface area contributed by atoms with Crippen LogP contribution in [0.5, 0.6) is 0 Å². The van der Waals surface area contributed by atoms with E-state index in [1.807, 2.05) is 0 Å². The van der Waals surface area contributed by atoms with E-state index in [2.05, 4.69) is 73.5 Å². The summed E-state index contributed by atoms with van der Waals surface area (Å²) >= 11 is 0. The van der Waals surface area contributed by atoms with Crippen molar-refractivity contribution in [3.8, 4) is 0 Å². The normalized spacial score (nSPS) is 50.8. The third-order valence-corrected chi connectivity index (χ3v) is 13.9. The second-order valence-corrected chi connectivity index (χ2v) is 16.1. The third-order valence-electron chi connectivity index (χ3n) is 13.9. The fourth-order valence-corrected chi connectivity index (χ4v) is 11.5. The Labute approximate surface area is 226 Å². The number of esters is 1. The van der Waals surface area contributed by atoms with Crippen LogP contribution in [0.4, 0.5) is 0 Å². The summed E-state index contributed by atoms with van der Waals surface area (Å²) in [7, 11) is 5.98. The van der Waals surface area contributed by atoms with Crippen molar-refractivity contribution in [2.45, 2.75) is 112 Å². The number of carbonyl (C=O) groups is 2. The molecular weight excluding hydrogens is 458 g/mol. The van der Waals surface area contributed by atoms with Gasteiger partial charge in [-0.3, -0.25) is 9.59 Å². The van der Waals surface area contributed by atoms with E-state index in [1.54, 1.807) is 0 Å². The van der Waals surface area contributed by atoms with Gasteiger partial charge in [0.1, 0.15) is 0 Å². The molecule has 0 radical (unpaired) electrons. The molecule has 0 N–H and O–H groups in total. The van der Waals surface area contributed by atoms with Crippen molar-refractivity contribution >= 4 is 11.8 Å². The summed E-state index contributed by atoms with van der Waals surface area (Å²) < 4.78 is 5.28. The van der Waals surface area contributed by atoms with Crippen LogP contribution in [0.3, 0.4) is 0 Å². The highest BCUT2D eigenvalue weighted by atomic mass is 16.5. The molecule has 0 bridgehead atoms. The minimum Gasteiger partial charge on any atom is -0.469 e. The molecule has 5 rings (SSSR count). The first-order valence-corrected chi connectivity index (χ1v) is 15.0. The molecule has 3 unspecified atom stereocenters. The fourth-order valence-electron chi connectivity index (χ4n) is 11.5. The second-order valence-electron chi connectivity index (χ2n) is 16.1. The van der Waals surface area contributed by atoms with Gasteiger partial charge in [0, 0.05) is 12.0 Å². The Morgan fingerprint density at radius 3 is 2.19 bits per heavy atom. The van der Waals surface area contributed by atoms with Crippen LogP contribution in [0.2, 0.25) is 0 Å². The predicted octanol–water partition coefficient (Wildman–Crippen LogP) is 7.07. The summed E-state index contributed by atoms with van der Waals surface area (Å²) in [4.78, 5) is 29.8. The van der Waals surface area contributed by atoms with E-state index in [0.29, 0.717) is 17.7 Å². The lowest BCUT2D eigenvalue weighted by molar-refractivity contribution is -0.194. The zero-order valence-electron chi connectivity index (χ0n) is 25.4. The van der Waals surface area contributed by atoms with E-state index in [9.17, 15) is 9.59 Å². The van der Waals surface area contributed by atoms with Gasteiger partial charge in [0.2, 0.25) is 0 Å². The van der Waals surface area contributed by atoms with E-state index in [4.69, 9.17) is 4.74 Å². The zero-order valence-corrected chi connectivity index (χ0v) is 25.4. The van der Waals surface area contributed by atoms with E-state index in [0.717, 1.165) is 38.5 Å². The van der Waals surface area contributed by atoms with Crippen molar-refractivity contribution in [3.05, 3.63) is 11.6 Å². The van der Waals surface area contributed by atoms with E-state index in [1.165, 1.54) is 31.9 Å². The quantitative estimate of drug-likeness (QED) is 0.372. The molecule has 0 aromatic carbocycles. The van der Waals surface area contributed by atoms with Gasteiger partial charge in [0.25, 0.3) is 0 Å². The molecule has 0 aromatic heterocycles. The number of carbonyl (C=O) groups excluding carboxylic acids is 2. The molecule has 0 heterocycles. The predicted molar refractivity (Wildman–Crippen MR) is 149 cm³/mol. The minimum absolute atomic E-state index is 0.000637. The molecule has 0 aliphatic heterocycles. The van der Waals surface area contributed by atoms with Gasteiger partial charge in [-0.2, -0.15) is 0 Å². The monoisotopic (exact) mass is 511 g/mol. The molecule has 5 aliphatic rings. The van der Waals surface area contributed by atoms with Gasteiger partial charge in [-0.05, 0) is 124 Å². The van der Waals surface area contributed by atoms with Gasteiger partial charge in [-0.1, -0.05) is 47.1 Å². The molecule has 208 valence electrons. The van der Waals surface area contributed by atoms with Gasteiger partial charge < -0.3 is 9.64 Å². The van der Waals surface area contributed by atoms with E-state index in [-0.39, 0.29) is 44.9 Å². The molecule has 0 amide bonds. The molecule has 37 heavy (non-hydrogen) atoms. The van der Waals surface area contributed by atoms with Gasteiger partial charge in [-0.15, -0.1) is 0 Å². The molecule has 4 nitrogen and oxygen atoms in total. The number of rotatable bonds is 2. The topological polar surface area (TPSA) is 46.6 Å². The largest absolute Gasteiger partial charge is 0.469 e. The highest BCUT2D eigenvalue weighted by Gasteiger charge is 2.70. The van der Waals surface area contributed by atoms with Gasteiger partial charge in [0.15, 0.2) is 5.78 Å². The highest BCUT2D eigenvalue weighted by molar-refractivity contribution is 5.95. The minimum atomic E-state index is -0.461. The zero-order chi connectivity index (χ0) is 27.4. The van der Waals surface area contributed by atoms with Crippen molar-refractivity contribution in [1.29, 1.82) is 0 Å². The average molecular weight is 512 g/mol. The molecule has 5 aliphatic carbocycles. The van der Waals surface area contributed by atoms with Gasteiger partial charge in [0.05, 0.1) is 12.5 Å². The first-order valence-electron chi connectivity index (χ1n) is 15.0. The third kappa shape index (κ3) is 3.42.